The van der Waals surface area contributed by atoms with E-state index in [-0.39, 0.29) is 6.10 Å². The number of fused-ring (bicyclic) bond motifs is 1. The molecule has 2 aromatic carbocycles. The van der Waals surface area contributed by atoms with Crippen LogP contribution in [0, 0.1) is 0 Å². The first kappa shape index (κ1) is 18.1. The molecule has 4 rings (SSSR count). The largest absolute Gasteiger partial charge is 0.497 e. The van der Waals surface area contributed by atoms with Gasteiger partial charge in [0.1, 0.15) is 17.6 Å². The molecule has 0 radical (unpaired) electrons. The van der Waals surface area contributed by atoms with Crippen LogP contribution in [0.4, 0.5) is 5.69 Å². The van der Waals surface area contributed by atoms with Crippen LogP contribution < -0.4 is 14.4 Å². The van der Waals surface area contributed by atoms with Crippen molar-refractivity contribution in [3.05, 3.63) is 53.6 Å². The minimum Gasteiger partial charge on any atom is -0.497 e. The number of β-amino-alcohol motifs (C(OH)–C–C–N with tert-alkyl or cyclic N) is 1. The lowest BCUT2D eigenvalue weighted by Gasteiger charge is -2.37. The highest BCUT2D eigenvalue weighted by Crippen LogP contribution is 2.31. The fourth-order valence-corrected chi connectivity index (χ4v) is 3.98. The number of ether oxygens (including phenoxy) is 2. The number of benzene rings is 2. The number of piperazine rings is 1. The van der Waals surface area contributed by atoms with Gasteiger partial charge in [0.2, 0.25) is 0 Å². The molecule has 1 saturated heterocycles. The maximum Gasteiger partial charge on any atom is 0.123 e. The molecule has 0 amide bonds. The number of hydrogen-bond acceptors (Lipinski definition) is 5. The maximum absolute atomic E-state index is 10.7. The van der Waals surface area contributed by atoms with Crippen molar-refractivity contribution < 1.29 is 14.6 Å². The molecule has 2 aromatic rings. The van der Waals surface area contributed by atoms with Crippen LogP contribution in [0.1, 0.15) is 24.2 Å². The third-order valence-electron chi connectivity index (χ3n) is 5.55. The summed E-state index contributed by atoms with van der Waals surface area (Å²) < 4.78 is 11.0. The predicted molar refractivity (Wildman–Crippen MR) is 107 cm³/mol. The molecule has 0 bridgehead atoms. The lowest BCUT2D eigenvalue weighted by atomic mass is 10.0. The SMILES string of the molecule is COc1ccc(N2CCN(C[C@@H](O)c3ccc4c(c3)C[C@@H](C)O4)CC2)cc1. The van der Waals surface area contributed by atoms with Gasteiger partial charge in [-0.2, -0.15) is 0 Å². The molecule has 2 atom stereocenters. The lowest BCUT2D eigenvalue weighted by molar-refractivity contribution is 0.109. The third-order valence-corrected chi connectivity index (χ3v) is 5.55. The smallest absolute Gasteiger partial charge is 0.123 e. The quantitative estimate of drug-likeness (QED) is 0.879. The molecule has 1 fully saturated rings. The number of methoxy groups -OCH3 is 1. The average molecular weight is 368 g/mol. The van der Waals surface area contributed by atoms with Crippen molar-refractivity contribution in [1.29, 1.82) is 0 Å². The van der Waals surface area contributed by atoms with E-state index in [1.165, 1.54) is 11.3 Å². The van der Waals surface area contributed by atoms with Crippen LogP contribution in [0.25, 0.3) is 0 Å². The van der Waals surface area contributed by atoms with Crippen molar-refractivity contribution >= 4 is 5.69 Å². The van der Waals surface area contributed by atoms with Gasteiger partial charge < -0.3 is 19.5 Å². The second-order valence-corrected chi connectivity index (χ2v) is 7.50. The number of hydrogen-bond donors (Lipinski definition) is 1. The fourth-order valence-electron chi connectivity index (χ4n) is 3.98. The topological polar surface area (TPSA) is 45.2 Å². The Kier molecular flexibility index (Phi) is 5.23. The van der Waals surface area contributed by atoms with Gasteiger partial charge in [-0.05, 0) is 54.4 Å². The summed E-state index contributed by atoms with van der Waals surface area (Å²) >= 11 is 0. The standard InChI is InChI=1S/C22H28N2O3/c1-16-13-18-14-17(3-8-22(18)27-16)21(25)15-23-9-11-24(12-10-23)19-4-6-20(26-2)7-5-19/h3-8,14,16,21,25H,9-13,15H2,1-2H3/t16-,21-/m1/s1. The maximum atomic E-state index is 10.7. The predicted octanol–water partition coefficient (Wildman–Crippen LogP) is 2.87. The number of anilines is 1. The van der Waals surface area contributed by atoms with Gasteiger partial charge in [-0.3, -0.25) is 4.90 Å². The van der Waals surface area contributed by atoms with E-state index in [0.717, 1.165) is 49.7 Å². The van der Waals surface area contributed by atoms with Crippen molar-refractivity contribution in [2.24, 2.45) is 0 Å². The van der Waals surface area contributed by atoms with Crippen LogP contribution in [0.3, 0.4) is 0 Å². The van der Waals surface area contributed by atoms with Crippen LogP contribution in [-0.2, 0) is 6.42 Å². The first-order valence-corrected chi connectivity index (χ1v) is 9.71. The molecule has 2 aliphatic heterocycles. The average Bonchev–Trinajstić information content (AvgIpc) is 3.08. The van der Waals surface area contributed by atoms with Crippen molar-refractivity contribution in [3.63, 3.8) is 0 Å². The van der Waals surface area contributed by atoms with Gasteiger partial charge in [-0.1, -0.05) is 6.07 Å². The molecule has 0 aliphatic carbocycles. The third kappa shape index (κ3) is 4.04. The molecule has 5 nitrogen and oxygen atoms in total. The van der Waals surface area contributed by atoms with Crippen LogP contribution in [0.2, 0.25) is 0 Å². The molecule has 0 unspecified atom stereocenters. The molecular weight excluding hydrogens is 340 g/mol. The van der Waals surface area contributed by atoms with Crippen molar-refractivity contribution in [3.8, 4) is 11.5 Å². The van der Waals surface area contributed by atoms with Crippen LogP contribution >= 0.6 is 0 Å². The van der Waals surface area contributed by atoms with Gasteiger partial charge in [-0.25, -0.2) is 0 Å². The Bertz CT molecular complexity index is 770. The highest BCUT2D eigenvalue weighted by molar-refractivity contribution is 5.49. The lowest BCUT2D eigenvalue weighted by Crippen LogP contribution is -2.47. The Morgan fingerprint density at radius 1 is 1.11 bits per heavy atom. The van der Waals surface area contributed by atoms with E-state index >= 15 is 0 Å². The summed E-state index contributed by atoms with van der Waals surface area (Å²) in [5.41, 5.74) is 3.43. The van der Waals surface area contributed by atoms with E-state index < -0.39 is 6.10 Å². The highest BCUT2D eigenvalue weighted by atomic mass is 16.5. The Morgan fingerprint density at radius 3 is 2.56 bits per heavy atom. The van der Waals surface area contributed by atoms with Gasteiger partial charge in [-0.15, -0.1) is 0 Å². The molecular formula is C22H28N2O3. The normalized spacial score (nSPS) is 20.9. The van der Waals surface area contributed by atoms with Crippen molar-refractivity contribution in [2.45, 2.75) is 25.6 Å². The van der Waals surface area contributed by atoms with Gasteiger partial charge in [0.15, 0.2) is 0 Å². The zero-order valence-corrected chi connectivity index (χ0v) is 16.1. The summed E-state index contributed by atoms with van der Waals surface area (Å²) in [5.74, 6) is 1.85. The number of aliphatic hydroxyl groups is 1. The van der Waals surface area contributed by atoms with E-state index in [1.54, 1.807) is 7.11 Å². The summed E-state index contributed by atoms with van der Waals surface area (Å²) in [4.78, 5) is 4.73. The molecule has 0 saturated carbocycles. The van der Waals surface area contributed by atoms with Crippen LogP contribution in [0.15, 0.2) is 42.5 Å². The Balaban J connectivity index is 1.31. The number of rotatable bonds is 5. The summed E-state index contributed by atoms with van der Waals surface area (Å²) in [6, 6.07) is 14.3. The van der Waals surface area contributed by atoms with Crippen molar-refractivity contribution in [2.75, 3.05) is 44.7 Å². The minimum atomic E-state index is -0.459. The first-order chi connectivity index (χ1) is 13.1. The first-order valence-electron chi connectivity index (χ1n) is 9.71. The summed E-state index contributed by atoms with van der Waals surface area (Å²) in [5, 5.41) is 10.7. The monoisotopic (exact) mass is 368 g/mol. The Morgan fingerprint density at radius 2 is 1.85 bits per heavy atom. The van der Waals surface area contributed by atoms with Gasteiger partial charge in [0.05, 0.1) is 13.2 Å². The van der Waals surface area contributed by atoms with Crippen LogP contribution in [0.5, 0.6) is 11.5 Å². The molecule has 27 heavy (non-hydrogen) atoms. The molecule has 0 aromatic heterocycles. The van der Waals surface area contributed by atoms with E-state index in [4.69, 9.17) is 9.47 Å². The summed E-state index contributed by atoms with van der Waals surface area (Å²) in [6.45, 7) is 6.59. The molecule has 5 heteroatoms. The number of nitrogens with zero attached hydrogens (tertiary/aromatic N) is 2. The van der Waals surface area contributed by atoms with Crippen LogP contribution in [-0.4, -0.2) is 55.9 Å². The molecule has 0 spiro atoms. The van der Waals surface area contributed by atoms with E-state index in [2.05, 4.69) is 34.9 Å². The zero-order chi connectivity index (χ0) is 18.8. The highest BCUT2D eigenvalue weighted by Gasteiger charge is 2.23. The van der Waals surface area contributed by atoms with Gasteiger partial charge in [0.25, 0.3) is 0 Å². The van der Waals surface area contributed by atoms with E-state index in [1.807, 2.05) is 24.3 Å². The van der Waals surface area contributed by atoms with E-state index in [9.17, 15) is 5.11 Å². The van der Waals surface area contributed by atoms with Crippen molar-refractivity contribution in [1.82, 2.24) is 4.90 Å². The number of aliphatic hydroxyl groups excluding tert-OH is 1. The van der Waals surface area contributed by atoms with E-state index in [0.29, 0.717) is 6.54 Å². The second-order valence-electron chi connectivity index (χ2n) is 7.50. The molecule has 144 valence electrons. The Labute approximate surface area is 161 Å². The van der Waals surface area contributed by atoms with Gasteiger partial charge >= 0.3 is 0 Å². The molecule has 2 aliphatic rings. The summed E-state index contributed by atoms with van der Waals surface area (Å²) in [7, 11) is 1.69. The van der Waals surface area contributed by atoms with Gasteiger partial charge in [0, 0.05) is 44.8 Å². The second kappa shape index (κ2) is 7.79. The zero-order valence-electron chi connectivity index (χ0n) is 16.1. The summed E-state index contributed by atoms with van der Waals surface area (Å²) in [6.07, 6.45) is 0.702. The fraction of sp³-hybridized carbons (Fsp3) is 0.455. The molecule has 1 N–H and O–H groups in total. The minimum absolute atomic E-state index is 0.235. The Hall–Kier alpha value is -2.24. The molecule has 2 heterocycles.